The van der Waals surface area contributed by atoms with Gasteiger partial charge in [-0.1, -0.05) is 17.7 Å². The maximum Gasteiger partial charge on any atom is 0.221 e. The second-order valence-electron chi connectivity index (χ2n) is 5.24. The van der Waals surface area contributed by atoms with Crippen molar-refractivity contribution in [3.63, 3.8) is 0 Å². The predicted molar refractivity (Wildman–Crippen MR) is 85.8 cm³/mol. The Bertz CT molecular complexity index is 550. The molecule has 0 spiro atoms. The van der Waals surface area contributed by atoms with Crippen molar-refractivity contribution in [3.05, 3.63) is 48.3 Å². The summed E-state index contributed by atoms with van der Waals surface area (Å²) in [4.78, 5) is 11.6. The quantitative estimate of drug-likeness (QED) is 0.724. The Hall–Kier alpha value is -2.30. The van der Waals surface area contributed by atoms with Crippen molar-refractivity contribution >= 4 is 5.91 Å². The highest BCUT2D eigenvalue weighted by Crippen LogP contribution is 2.11. The first-order valence-electron chi connectivity index (χ1n) is 7.67. The van der Waals surface area contributed by atoms with Gasteiger partial charge in [0.1, 0.15) is 5.75 Å². The van der Waals surface area contributed by atoms with Gasteiger partial charge in [0.15, 0.2) is 0 Å². The van der Waals surface area contributed by atoms with Gasteiger partial charge in [0.25, 0.3) is 0 Å². The van der Waals surface area contributed by atoms with Gasteiger partial charge in [-0.25, -0.2) is 0 Å². The number of unbranched alkanes of at least 4 members (excludes halogenated alkanes) is 1. The van der Waals surface area contributed by atoms with Gasteiger partial charge in [0.05, 0.1) is 6.61 Å². The Morgan fingerprint density at radius 3 is 2.82 bits per heavy atom. The van der Waals surface area contributed by atoms with Gasteiger partial charge in [-0.15, -0.1) is 0 Å². The molecule has 118 valence electrons. The van der Waals surface area contributed by atoms with E-state index in [0.717, 1.165) is 18.6 Å². The molecule has 1 amide bonds. The van der Waals surface area contributed by atoms with Gasteiger partial charge >= 0.3 is 0 Å². The molecule has 0 bridgehead atoms. The summed E-state index contributed by atoms with van der Waals surface area (Å²) in [6.45, 7) is 4.04. The van der Waals surface area contributed by atoms with E-state index < -0.39 is 0 Å². The van der Waals surface area contributed by atoms with E-state index in [2.05, 4.69) is 17.3 Å². The lowest BCUT2D eigenvalue weighted by molar-refractivity contribution is -0.121. The SMILES string of the molecule is Cc1ccc(OCCCCNC(=O)CCn2cccn2)cc1. The lowest BCUT2D eigenvalue weighted by atomic mass is 10.2. The molecule has 0 radical (unpaired) electrons. The largest absolute Gasteiger partial charge is 0.494 e. The molecular formula is C17H23N3O2. The molecule has 1 aromatic carbocycles. The fourth-order valence-electron chi connectivity index (χ4n) is 2.02. The van der Waals surface area contributed by atoms with Crippen molar-refractivity contribution in [2.75, 3.05) is 13.2 Å². The molecular weight excluding hydrogens is 278 g/mol. The van der Waals surface area contributed by atoms with Crippen LogP contribution in [0.3, 0.4) is 0 Å². The van der Waals surface area contributed by atoms with E-state index in [1.54, 1.807) is 10.9 Å². The van der Waals surface area contributed by atoms with E-state index in [9.17, 15) is 4.79 Å². The molecule has 1 aromatic heterocycles. The van der Waals surface area contributed by atoms with Crippen molar-refractivity contribution in [3.8, 4) is 5.75 Å². The molecule has 5 nitrogen and oxygen atoms in total. The van der Waals surface area contributed by atoms with Crippen LogP contribution in [0.2, 0.25) is 0 Å². The normalized spacial score (nSPS) is 10.4. The Balaban J connectivity index is 1.48. The number of rotatable bonds is 9. The molecule has 0 saturated heterocycles. The van der Waals surface area contributed by atoms with Crippen LogP contribution in [0.25, 0.3) is 0 Å². The van der Waals surface area contributed by atoms with E-state index in [1.807, 2.05) is 36.5 Å². The van der Waals surface area contributed by atoms with E-state index in [4.69, 9.17) is 4.74 Å². The maximum absolute atomic E-state index is 11.6. The third kappa shape index (κ3) is 5.99. The number of benzene rings is 1. The third-order valence-electron chi connectivity index (χ3n) is 3.31. The fourth-order valence-corrected chi connectivity index (χ4v) is 2.02. The Labute approximate surface area is 131 Å². The lowest BCUT2D eigenvalue weighted by Gasteiger charge is -2.07. The minimum absolute atomic E-state index is 0.0648. The van der Waals surface area contributed by atoms with Crippen LogP contribution in [0.5, 0.6) is 5.75 Å². The molecule has 0 unspecified atom stereocenters. The number of hydrogen-bond acceptors (Lipinski definition) is 3. The average Bonchev–Trinajstić information content (AvgIpc) is 3.04. The van der Waals surface area contributed by atoms with Crippen molar-refractivity contribution in [1.29, 1.82) is 0 Å². The molecule has 2 aromatic rings. The number of aromatic nitrogens is 2. The van der Waals surface area contributed by atoms with Crippen LogP contribution in [0, 0.1) is 6.92 Å². The molecule has 22 heavy (non-hydrogen) atoms. The summed E-state index contributed by atoms with van der Waals surface area (Å²) in [6, 6.07) is 9.88. The molecule has 5 heteroatoms. The second-order valence-corrected chi connectivity index (χ2v) is 5.24. The van der Waals surface area contributed by atoms with Crippen LogP contribution < -0.4 is 10.1 Å². The molecule has 0 atom stereocenters. The van der Waals surface area contributed by atoms with Crippen molar-refractivity contribution in [2.45, 2.75) is 32.7 Å². The standard InChI is InChI=1S/C17H23N3O2/c1-15-5-7-16(8-6-15)22-14-3-2-10-18-17(21)9-13-20-12-4-11-19-20/h4-8,11-12H,2-3,9-10,13-14H2,1H3,(H,18,21). The molecule has 0 aliphatic carbocycles. The first-order valence-corrected chi connectivity index (χ1v) is 7.67. The molecule has 2 rings (SSSR count). The Kier molecular flexibility index (Phi) is 6.48. The number of carbonyl (C=O) groups is 1. The number of ether oxygens (including phenoxy) is 1. The van der Waals surface area contributed by atoms with Crippen LogP contribution in [-0.2, 0) is 11.3 Å². The number of nitrogens with zero attached hydrogens (tertiary/aromatic N) is 2. The summed E-state index contributed by atoms with van der Waals surface area (Å²) < 4.78 is 7.40. The average molecular weight is 301 g/mol. The van der Waals surface area contributed by atoms with Crippen LogP contribution >= 0.6 is 0 Å². The molecule has 1 heterocycles. The summed E-state index contributed by atoms with van der Waals surface area (Å²) in [7, 11) is 0. The molecule has 0 aliphatic rings. The summed E-state index contributed by atoms with van der Waals surface area (Å²) >= 11 is 0. The minimum atomic E-state index is 0.0648. The maximum atomic E-state index is 11.6. The lowest BCUT2D eigenvalue weighted by Crippen LogP contribution is -2.25. The highest BCUT2D eigenvalue weighted by molar-refractivity contribution is 5.75. The molecule has 0 aliphatic heterocycles. The van der Waals surface area contributed by atoms with Crippen molar-refractivity contribution in [2.24, 2.45) is 0 Å². The first-order chi connectivity index (χ1) is 10.7. The number of hydrogen-bond donors (Lipinski definition) is 1. The topological polar surface area (TPSA) is 56.1 Å². The second kappa shape index (κ2) is 8.87. The van der Waals surface area contributed by atoms with Gasteiger partial charge in [-0.05, 0) is 38.0 Å². The summed E-state index contributed by atoms with van der Waals surface area (Å²) in [5, 5.41) is 6.98. The molecule has 0 saturated carbocycles. The zero-order chi connectivity index (χ0) is 15.6. The van der Waals surface area contributed by atoms with Crippen molar-refractivity contribution < 1.29 is 9.53 Å². The van der Waals surface area contributed by atoms with E-state index in [1.165, 1.54) is 5.56 Å². The highest BCUT2D eigenvalue weighted by Gasteiger charge is 2.01. The summed E-state index contributed by atoms with van der Waals surface area (Å²) in [5.41, 5.74) is 1.23. The fraction of sp³-hybridized carbons (Fsp3) is 0.412. The monoisotopic (exact) mass is 301 g/mol. The zero-order valence-electron chi connectivity index (χ0n) is 13.0. The molecule has 1 N–H and O–H groups in total. The number of nitrogens with one attached hydrogen (secondary N) is 1. The van der Waals surface area contributed by atoms with E-state index in [0.29, 0.717) is 26.1 Å². The third-order valence-corrected chi connectivity index (χ3v) is 3.31. The minimum Gasteiger partial charge on any atom is -0.494 e. The van der Waals surface area contributed by atoms with Crippen LogP contribution in [0.1, 0.15) is 24.8 Å². The Morgan fingerprint density at radius 1 is 1.27 bits per heavy atom. The van der Waals surface area contributed by atoms with Crippen LogP contribution in [0.15, 0.2) is 42.7 Å². The van der Waals surface area contributed by atoms with Crippen LogP contribution in [0.4, 0.5) is 0 Å². The summed E-state index contributed by atoms with van der Waals surface area (Å²) in [5.74, 6) is 0.962. The summed E-state index contributed by atoms with van der Waals surface area (Å²) in [6.07, 6.45) is 5.87. The number of carbonyl (C=O) groups excluding carboxylic acids is 1. The van der Waals surface area contributed by atoms with Gasteiger partial charge in [-0.3, -0.25) is 9.48 Å². The predicted octanol–water partition coefficient (Wildman–Crippen LogP) is 2.56. The Morgan fingerprint density at radius 2 is 2.09 bits per heavy atom. The van der Waals surface area contributed by atoms with Gasteiger partial charge < -0.3 is 10.1 Å². The molecule has 0 fully saturated rings. The number of aryl methyl sites for hydroxylation is 2. The number of amides is 1. The van der Waals surface area contributed by atoms with Gasteiger partial charge in [-0.2, -0.15) is 5.10 Å². The van der Waals surface area contributed by atoms with Gasteiger partial charge in [0, 0.05) is 31.9 Å². The van der Waals surface area contributed by atoms with Crippen LogP contribution in [-0.4, -0.2) is 28.8 Å². The highest BCUT2D eigenvalue weighted by atomic mass is 16.5. The van der Waals surface area contributed by atoms with Gasteiger partial charge in [0.2, 0.25) is 5.91 Å². The van der Waals surface area contributed by atoms with Crippen molar-refractivity contribution in [1.82, 2.24) is 15.1 Å². The van der Waals surface area contributed by atoms with E-state index >= 15 is 0 Å². The first kappa shape index (κ1) is 16.1. The zero-order valence-corrected chi connectivity index (χ0v) is 13.0. The van der Waals surface area contributed by atoms with E-state index in [-0.39, 0.29) is 5.91 Å². The smallest absolute Gasteiger partial charge is 0.221 e.